The fourth-order valence-corrected chi connectivity index (χ4v) is 4.94. The highest BCUT2D eigenvalue weighted by atomic mass is 19.1. The molecule has 2 atom stereocenters. The van der Waals surface area contributed by atoms with E-state index in [4.69, 9.17) is 9.47 Å². The number of fused-ring (bicyclic) bond motifs is 1. The van der Waals surface area contributed by atoms with Crippen LogP contribution in [-0.4, -0.2) is 70.4 Å². The highest BCUT2D eigenvalue weighted by Gasteiger charge is 2.31. The molecule has 0 saturated carbocycles. The molecule has 3 aromatic rings. The van der Waals surface area contributed by atoms with Gasteiger partial charge in [-0.15, -0.1) is 0 Å². The second kappa shape index (κ2) is 11.5. The summed E-state index contributed by atoms with van der Waals surface area (Å²) >= 11 is 0. The van der Waals surface area contributed by atoms with Crippen molar-refractivity contribution in [1.29, 1.82) is 0 Å². The van der Waals surface area contributed by atoms with Crippen LogP contribution in [0.4, 0.5) is 4.39 Å². The molecule has 2 N–H and O–H groups in total. The van der Waals surface area contributed by atoms with Crippen molar-refractivity contribution < 1.29 is 28.6 Å². The minimum Gasteiger partial charge on any atom is -0.486 e. The Hall–Kier alpha value is -3.76. The third-order valence-corrected chi connectivity index (χ3v) is 7.10. The molecule has 9 nitrogen and oxygen atoms in total. The lowest BCUT2D eigenvalue weighted by Crippen LogP contribution is -2.48. The number of aliphatic hydroxyl groups excluding tert-OH is 1. The minimum atomic E-state index is -1.27. The molecule has 2 unspecified atom stereocenters. The number of benzene rings is 2. The number of ketones is 1. The van der Waals surface area contributed by atoms with Crippen molar-refractivity contribution in [1.82, 2.24) is 20.0 Å². The van der Waals surface area contributed by atoms with Gasteiger partial charge < -0.3 is 24.8 Å². The molecular weight excluding hydrogens is 503 g/mol. The minimum absolute atomic E-state index is 0.00641. The molecule has 1 amide bonds. The van der Waals surface area contributed by atoms with Crippen molar-refractivity contribution in [2.45, 2.75) is 44.9 Å². The highest BCUT2D eigenvalue weighted by Crippen LogP contribution is 2.36. The van der Waals surface area contributed by atoms with Gasteiger partial charge in [-0.05, 0) is 63.5 Å². The quantitative estimate of drug-likeness (QED) is 0.318. The number of halogens is 1. The summed E-state index contributed by atoms with van der Waals surface area (Å²) in [6.45, 7) is 6.53. The maximum absolute atomic E-state index is 14.7. The summed E-state index contributed by atoms with van der Waals surface area (Å²) in [7, 11) is 0. The van der Waals surface area contributed by atoms with E-state index >= 15 is 0 Å². The van der Waals surface area contributed by atoms with Gasteiger partial charge in [0.05, 0.1) is 11.7 Å². The molecule has 5 rings (SSSR count). The molecule has 3 heterocycles. The molecular formula is C29H33FN4O5. The first-order valence-electron chi connectivity index (χ1n) is 13.3. The topological polar surface area (TPSA) is 106 Å². The van der Waals surface area contributed by atoms with Crippen LogP contribution in [0, 0.1) is 5.82 Å². The highest BCUT2D eigenvalue weighted by molar-refractivity contribution is 6.42. The second-order valence-corrected chi connectivity index (χ2v) is 10.2. The Morgan fingerprint density at radius 3 is 2.49 bits per heavy atom. The van der Waals surface area contributed by atoms with E-state index in [1.54, 1.807) is 24.3 Å². The summed E-state index contributed by atoms with van der Waals surface area (Å²) in [5, 5.41) is 18.5. The molecule has 206 valence electrons. The average molecular weight is 537 g/mol. The van der Waals surface area contributed by atoms with Crippen LogP contribution in [0.3, 0.4) is 0 Å². The zero-order valence-corrected chi connectivity index (χ0v) is 22.1. The van der Waals surface area contributed by atoms with E-state index in [9.17, 15) is 19.1 Å². The van der Waals surface area contributed by atoms with Gasteiger partial charge in [0, 0.05) is 29.9 Å². The van der Waals surface area contributed by atoms with Crippen LogP contribution in [0.15, 0.2) is 48.7 Å². The number of hydrogen-bond acceptors (Lipinski definition) is 7. The summed E-state index contributed by atoms with van der Waals surface area (Å²) < 4.78 is 27.4. The maximum Gasteiger partial charge on any atom is 0.292 e. The summed E-state index contributed by atoms with van der Waals surface area (Å²) in [6.07, 6.45) is 2.64. The van der Waals surface area contributed by atoms with Crippen molar-refractivity contribution in [2.75, 3.05) is 32.8 Å². The first-order chi connectivity index (χ1) is 18.8. The van der Waals surface area contributed by atoms with Crippen molar-refractivity contribution >= 4 is 11.7 Å². The number of Topliss-reactive ketones (excluding diaryl/α,β-unsaturated/α-hetero) is 1. The molecule has 39 heavy (non-hydrogen) atoms. The zero-order chi connectivity index (χ0) is 27.5. The number of nitrogens with one attached hydrogen (secondary N) is 1. The number of rotatable bonds is 9. The summed E-state index contributed by atoms with van der Waals surface area (Å²) in [6, 6.07) is 10.7. The molecule has 0 bridgehead atoms. The van der Waals surface area contributed by atoms with Crippen LogP contribution < -0.4 is 14.8 Å². The summed E-state index contributed by atoms with van der Waals surface area (Å²) in [5.74, 6) is -2.00. The number of carbonyl (C=O) groups excluding carboxylic acids is 2. The van der Waals surface area contributed by atoms with Crippen molar-refractivity contribution in [3.63, 3.8) is 0 Å². The van der Waals surface area contributed by atoms with E-state index in [1.807, 2.05) is 30.8 Å². The molecule has 1 aromatic heterocycles. The monoisotopic (exact) mass is 536 g/mol. The Kier molecular flexibility index (Phi) is 7.94. The number of nitrogens with zero attached hydrogens (tertiary/aromatic N) is 3. The lowest BCUT2D eigenvalue weighted by Gasteiger charge is -2.29. The molecule has 2 aromatic carbocycles. The first-order valence-corrected chi connectivity index (χ1v) is 13.3. The molecule has 1 fully saturated rings. The number of hydrogen-bond donors (Lipinski definition) is 2. The van der Waals surface area contributed by atoms with Crippen molar-refractivity contribution in [3.05, 3.63) is 65.6 Å². The van der Waals surface area contributed by atoms with Crippen LogP contribution in [0.5, 0.6) is 11.5 Å². The van der Waals surface area contributed by atoms with Crippen molar-refractivity contribution in [3.8, 4) is 22.8 Å². The summed E-state index contributed by atoms with van der Waals surface area (Å²) in [4.78, 5) is 28.2. The number of ether oxygens (including phenoxy) is 2. The third kappa shape index (κ3) is 5.97. The molecule has 0 radical (unpaired) electrons. The Bertz CT molecular complexity index is 1330. The van der Waals surface area contributed by atoms with Gasteiger partial charge in [0.15, 0.2) is 17.3 Å². The Morgan fingerprint density at radius 2 is 1.79 bits per heavy atom. The molecule has 1 saturated heterocycles. The van der Waals surface area contributed by atoms with E-state index in [1.165, 1.54) is 12.1 Å². The van der Waals surface area contributed by atoms with Gasteiger partial charge >= 0.3 is 0 Å². The first kappa shape index (κ1) is 26.8. The predicted molar refractivity (Wildman–Crippen MR) is 142 cm³/mol. The smallest absolute Gasteiger partial charge is 0.292 e. The van der Waals surface area contributed by atoms with E-state index in [0.717, 1.165) is 37.2 Å². The Balaban J connectivity index is 1.32. The van der Waals surface area contributed by atoms with Crippen LogP contribution in [-0.2, 0) is 4.79 Å². The fourth-order valence-electron chi connectivity index (χ4n) is 4.94. The molecule has 0 spiro atoms. The van der Waals surface area contributed by atoms with E-state index in [-0.39, 0.29) is 41.9 Å². The molecule has 2 aliphatic heterocycles. The number of aromatic nitrogens is 2. The molecule has 0 aliphatic carbocycles. The lowest BCUT2D eigenvalue weighted by atomic mass is 9.99. The normalized spacial score (nSPS) is 16.7. The average Bonchev–Trinajstić information content (AvgIpc) is 3.65. The molecule has 10 heteroatoms. The van der Waals surface area contributed by atoms with Gasteiger partial charge in [0.25, 0.3) is 5.91 Å². The fraction of sp³-hybridized carbons (Fsp3) is 0.414. The second-order valence-electron chi connectivity index (χ2n) is 10.2. The lowest BCUT2D eigenvalue weighted by molar-refractivity contribution is -0.118. The number of likely N-dealkylation sites (tertiary alicyclic amines) is 1. The van der Waals surface area contributed by atoms with Crippen LogP contribution in [0.2, 0.25) is 0 Å². The number of aliphatic hydroxyl groups is 1. The third-order valence-electron chi connectivity index (χ3n) is 7.10. The SMILES string of the molecule is CC(C)n1ccc(-c2ccc(C(=O)C(=O)NC(CN3CCCC3)C(O)c3cc(F)c4c(c3)OCCO4)cc2)n1. The standard InChI is InChI=1S/C29H33FN4O5/c1-18(2)34-12-9-23(32-34)19-5-7-20(8-6-19)27(36)29(37)31-24(17-33-10-3-4-11-33)26(35)21-15-22(30)28-25(16-21)38-13-14-39-28/h5-9,12,15-16,18,24,26,35H,3-4,10-11,13-14,17H2,1-2H3,(H,31,37). The Morgan fingerprint density at radius 1 is 1.08 bits per heavy atom. The van der Waals surface area contributed by atoms with E-state index in [2.05, 4.69) is 15.3 Å². The van der Waals surface area contributed by atoms with Gasteiger partial charge in [-0.2, -0.15) is 5.10 Å². The number of amides is 1. The molecule has 2 aliphatic rings. The van der Waals surface area contributed by atoms with Gasteiger partial charge in [-0.25, -0.2) is 4.39 Å². The van der Waals surface area contributed by atoms with Gasteiger partial charge in [-0.1, -0.05) is 24.3 Å². The van der Waals surface area contributed by atoms with E-state index in [0.29, 0.717) is 6.54 Å². The summed E-state index contributed by atoms with van der Waals surface area (Å²) in [5.41, 5.74) is 2.06. The van der Waals surface area contributed by atoms with Crippen LogP contribution in [0.25, 0.3) is 11.3 Å². The van der Waals surface area contributed by atoms with Gasteiger partial charge in [-0.3, -0.25) is 14.3 Å². The van der Waals surface area contributed by atoms with Crippen molar-refractivity contribution in [2.24, 2.45) is 0 Å². The van der Waals surface area contributed by atoms with Crippen LogP contribution in [0.1, 0.15) is 54.8 Å². The predicted octanol–water partition coefficient (Wildman–Crippen LogP) is 3.54. The Labute approximate surface area is 226 Å². The van der Waals surface area contributed by atoms with Gasteiger partial charge in [0.1, 0.15) is 19.3 Å². The largest absolute Gasteiger partial charge is 0.486 e. The van der Waals surface area contributed by atoms with Gasteiger partial charge in [0.2, 0.25) is 5.78 Å². The van der Waals surface area contributed by atoms with E-state index < -0.39 is 29.7 Å². The number of carbonyl (C=O) groups is 2. The zero-order valence-electron chi connectivity index (χ0n) is 22.1. The van der Waals surface area contributed by atoms with Crippen LogP contribution >= 0.6 is 0 Å². The maximum atomic E-state index is 14.7.